The summed E-state index contributed by atoms with van der Waals surface area (Å²) in [5.41, 5.74) is 1.02. The van der Waals surface area contributed by atoms with Crippen LogP contribution in [0.2, 0.25) is 10.0 Å². The van der Waals surface area contributed by atoms with Crippen molar-refractivity contribution in [1.29, 1.82) is 0 Å². The number of halogens is 2. The lowest BCUT2D eigenvalue weighted by molar-refractivity contribution is 0.732. The number of rotatable bonds is 6. The van der Waals surface area contributed by atoms with E-state index in [0.29, 0.717) is 10.0 Å². The molecule has 0 aliphatic heterocycles. The molecule has 0 amide bonds. The van der Waals surface area contributed by atoms with Crippen molar-refractivity contribution < 1.29 is 0 Å². The van der Waals surface area contributed by atoms with Gasteiger partial charge in [0.2, 0.25) is 0 Å². The molecule has 1 aromatic rings. The van der Waals surface area contributed by atoms with E-state index in [1.165, 1.54) is 0 Å². The molecule has 86 valence electrons. The third-order valence-corrected chi connectivity index (χ3v) is 3.68. The van der Waals surface area contributed by atoms with Gasteiger partial charge < -0.3 is 5.32 Å². The van der Waals surface area contributed by atoms with Crippen molar-refractivity contribution in [1.82, 2.24) is 5.32 Å². The number of terminal acetylenes is 1. The van der Waals surface area contributed by atoms with Crippen LogP contribution in [0.25, 0.3) is 0 Å². The van der Waals surface area contributed by atoms with Gasteiger partial charge in [0.15, 0.2) is 0 Å². The Labute approximate surface area is 111 Å². The highest BCUT2D eigenvalue weighted by atomic mass is 35.5. The van der Waals surface area contributed by atoms with Crippen molar-refractivity contribution in [3.05, 3.63) is 33.8 Å². The summed E-state index contributed by atoms with van der Waals surface area (Å²) in [6, 6.07) is 5.66. The molecule has 0 unspecified atom stereocenters. The van der Waals surface area contributed by atoms with Crippen molar-refractivity contribution >= 4 is 35.0 Å². The Morgan fingerprint density at radius 3 is 2.94 bits per heavy atom. The molecule has 0 aliphatic rings. The summed E-state index contributed by atoms with van der Waals surface area (Å²) in [4.78, 5) is 0. The molecule has 0 heterocycles. The van der Waals surface area contributed by atoms with E-state index in [0.717, 1.165) is 30.2 Å². The molecule has 0 saturated heterocycles. The minimum atomic E-state index is 0.600. The highest BCUT2D eigenvalue weighted by Gasteiger charge is 2.02. The Morgan fingerprint density at radius 1 is 1.38 bits per heavy atom. The highest BCUT2D eigenvalue weighted by Crippen LogP contribution is 2.25. The van der Waals surface area contributed by atoms with Gasteiger partial charge in [-0.25, -0.2) is 0 Å². The van der Waals surface area contributed by atoms with Gasteiger partial charge in [0.05, 0.1) is 15.8 Å². The summed E-state index contributed by atoms with van der Waals surface area (Å²) in [5.74, 6) is 4.36. The molecule has 1 rings (SSSR count). The van der Waals surface area contributed by atoms with Crippen LogP contribution in [0.1, 0.15) is 5.56 Å². The van der Waals surface area contributed by atoms with Crippen LogP contribution in [0, 0.1) is 12.3 Å². The first-order valence-corrected chi connectivity index (χ1v) is 6.81. The van der Waals surface area contributed by atoms with E-state index in [2.05, 4.69) is 11.2 Å². The van der Waals surface area contributed by atoms with Crippen LogP contribution >= 0.6 is 35.0 Å². The number of nitrogens with one attached hydrogen (secondary N) is 1. The van der Waals surface area contributed by atoms with Gasteiger partial charge in [-0.3, -0.25) is 0 Å². The van der Waals surface area contributed by atoms with E-state index < -0.39 is 0 Å². The van der Waals surface area contributed by atoms with Gasteiger partial charge in [-0.05, 0) is 11.6 Å². The molecule has 0 radical (unpaired) electrons. The zero-order valence-corrected chi connectivity index (χ0v) is 11.1. The molecule has 0 fully saturated rings. The van der Waals surface area contributed by atoms with Gasteiger partial charge in [0, 0.05) is 18.8 Å². The van der Waals surface area contributed by atoms with Gasteiger partial charge in [0.1, 0.15) is 0 Å². The van der Waals surface area contributed by atoms with Gasteiger partial charge in [0.25, 0.3) is 0 Å². The molecule has 1 N–H and O–H groups in total. The second-order valence-corrected chi connectivity index (χ2v) is 5.04. The molecule has 0 atom stereocenters. The standard InChI is InChI=1S/C12H13Cl2NS/c1-2-7-16-8-6-15-9-10-4-3-5-11(13)12(10)14/h1,3-5,15H,6-9H2. The number of hydrogen-bond acceptors (Lipinski definition) is 2. The Balaban J connectivity index is 2.27. The fraction of sp³-hybridized carbons (Fsp3) is 0.333. The van der Waals surface area contributed by atoms with E-state index in [9.17, 15) is 0 Å². The van der Waals surface area contributed by atoms with Crippen LogP contribution in [0.5, 0.6) is 0 Å². The Morgan fingerprint density at radius 2 is 2.19 bits per heavy atom. The van der Waals surface area contributed by atoms with E-state index in [4.69, 9.17) is 29.6 Å². The average Bonchev–Trinajstić information content (AvgIpc) is 2.29. The van der Waals surface area contributed by atoms with Crippen LogP contribution in [0.4, 0.5) is 0 Å². The Hall–Kier alpha value is -0.330. The zero-order chi connectivity index (χ0) is 11.8. The van der Waals surface area contributed by atoms with Gasteiger partial charge in [-0.1, -0.05) is 41.3 Å². The molecular formula is C12H13Cl2NS. The monoisotopic (exact) mass is 273 g/mol. The molecule has 4 heteroatoms. The predicted molar refractivity (Wildman–Crippen MR) is 74.3 cm³/mol. The van der Waals surface area contributed by atoms with Crippen LogP contribution < -0.4 is 5.32 Å². The first-order valence-electron chi connectivity index (χ1n) is 4.90. The predicted octanol–water partition coefficient (Wildman–Crippen LogP) is 3.45. The fourth-order valence-corrected chi connectivity index (χ4v) is 2.12. The van der Waals surface area contributed by atoms with Crippen molar-refractivity contribution in [3.63, 3.8) is 0 Å². The average molecular weight is 274 g/mol. The fourth-order valence-electron chi connectivity index (χ4n) is 1.18. The van der Waals surface area contributed by atoms with Crippen LogP contribution in [0.3, 0.4) is 0 Å². The zero-order valence-electron chi connectivity index (χ0n) is 8.80. The summed E-state index contributed by atoms with van der Waals surface area (Å²) in [6.07, 6.45) is 5.15. The second-order valence-electron chi connectivity index (χ2n) is 3.15. The minimum absolute atomic E-state index is 0.600. The lowest BCUT2D eigenvalue weighted by Gasteiger charge is -2.07. The summed E-state index contributed by atoms with van der Waals surface area (Å²) in [6.45, 7) is 1.64. The van der Waals surface area contributed by atoms with Gasteiger partial charge >= 0.3 is 0 Å². The number of hydrogen-bond donors (Lipinski definition) is 1. The normalized spacial score (nSPS) is 10.1. The summed E-state index contributed by atoms with van der Waals surface area (Å²) >= 11 is 13.7. The first kappa shape index (κ1) is 13.7. The van der Waals surface area contributed by atoms with Gasteiger partial charge in [-0.2, -0.15) is 0 Å². The SMILES string of the molecule is C#CCSCCNCc1cccc(Cl)c1Cl. The summed E-state index contributed by atoms with van der Waals surface area (Å²) in [7, 11) is 0. The van der Waals surface area contributed by atoms with E-state index >= 15 is 0 Å². The van der Waals surface area contributed by atoms with Gasteiger partial charge in [-0.15, -0.1) is 18.2 Å². The Bertz CT molecular complexity index is 374. The molecular weight excluding hydrogens is 261 g/mol. The number of benzene rings is 1. The molecule has 0 saturated carbocycles. The maximum absolute atomic E-state index is 6.05. The maximum atomic E-state index is 6.05. The van der Waals surface area contributed by atoms with Crippen LogP contribution in [-0.4, -0.2) is 18.1 Å². The van der Waals surface area contributed by atoms with Crippen LogP contribution in [0.15, 0.2) is 18.2 Å². The molecule has 0 aromatic heterocycles. The second kappa shape index (κ2) is 7.86. The van der Waals surface area contributed by atoms with Crippen molar-refractivity contribution in [2.24, 2.45) is 0 Å². The van der Waals surface area contributed by atoms with E-state index in [1.54, 1.807) is 17.8 Å². The smallest absolute Gasteiger partial charge is 0.0637 e. The molecule has 0 aliphatic carbocycles. The molecule has 1 nitrogen and oxygen atoms in total. The van der Waals surface area contributed by atoms with Crippen LogP contribution in [-0.2, 0) is 6.54 Å². The highest BCUT2D eigenvalue weighted by molar-refractivity contribution is 7.99. The van der Waals surface area contributed by atoms with Crippen molar-refractivity contribution in [3.8, 4) is 12.3 Å². The largest absolute Gasteiger partial charge is 0.312 e. The van der Waals surface area contributed by atoms with E-state index in [-0.39, 0.29) is 0 Å². The third kappa shape index (κ3) is 4.67. The molecule has 0 spiro atoms. The minimum Gasteiger partial charge on any atom is -0.312 e. The summed E-state index contributed by atoms with van der Waals surface area (Å²) < 4.78 is 0. The maximum Gasteiger partial charge on any atom is 0.0637 e. The lowest BCUT2D eigenvalue weighted by Crippen LogP contribution is -2.16. The molecule has 0 bridgehead atoms. The van der Waals surface area contributed by atoms with Crippen molar-refractivity contribution in [2.45, 2.75) is 6.54 Å². The molecule has 16 heavy (non-hydrogen) atoms. The molecule has 1 aromatic carbocycles. The lowest BCUT2D eigenvalue weighted by atomic mass is 10.2. The van der Waals surface area contributed by atoms with E-state index in [1.807, 2.05) is 12.1 Å². The quantitative estimate of drug-likeness (QED) is 0.630. The number of thioether (sulfide) groups is 1. The van der Waals surface area contributed by atoms with Crippen molar-refractivity contribution in [2.75, 3.05) is 18.1 Å². The summed E-state index contributed by atoms with van der Waals surface area (Å²) in [5, 5.41) is 4.53. The Kier molecular flexibility index (Phi) is 6.75. The third-order valence-electron chi connectivity index (χ3n) is 1.96. The topological polar surface area (TPSA) is 12.0 Å². The first-order chi connectivity index (χ1) is 7.75.